The Balaban J connectivity index is 1.59. The highest BCUT2D eigenvalue weighted by Gasteiger charge is 2.14. The van der Waals surface area contributed by atoms with E-state index in [0.717, 1.165) is 11.1 Å². The Morgan fingerprint density at radius 1 is 1.08 bits per heavy atom. The molecule has 2 aromatic carbocycles. The van der Waals surface area contributed by atoms with Crippen molar-refractivity contribution in [2.75, 3.05) is 5.75 Å². The highest BCUT2D eigenvalue weighted by molar-refractivity contribution is 7.99. The maximum Gasteiger partial charge on any atom is 0.230 e. The van der Waals surface area contributed by atoms with Crippen LogP contribution in [0.4, 0.5) is 0 Å². The van der Waals surface area contributed by atoms with E-state index in [-0.39, 0.29) is 11.7 Å². The van der Waals surface area contributed by atoms with E-state index >= 15 is 0 Å². The molecule has 1 N–H and O–H groups in total. The zero-order chi connectivity index (χ0) is 18.5. The molecule has 0 saturated carbocycles. The molecule has 0 saturated heterocycles. The summed E-state index contributed by atoms with van der Waals surface area (Å²) in [5.41, 5.74) is 1.69. The molecule has 26 heavy (non-hydrogen) atoms. The van der Waals surface area contributed by atoms with Crippen LogP contribution in [0.5, 0.6) is 0 Å². The Kier molecular flexibility index (Phi) is 6.19. The number of rotatable bonds is 6. The van der Waals surface area contributed by atoms with Gasteiger partial charge in [-0.3, -0.25) is 4.79 Å². The monoisotopic (exact) mass is 406 g/mol. The standard InChI is InChI=1S/C18H16Cl2N4OS/c1-24-17(13-7-3-5-9-15(13)20)22-23-18(24)26-11-16(25)21-10-12-6-2-4-8-14(12)19/h2-9H,10-11H2,1H3,(H,21,25). The number of nitrogens with one attached hydrogen (secondary N) is 1. The van der Waals surface area contributed by atoms with Gasteiger partial charge in [0, 0.05) is 24.2 Å². The van der Waals surface area contributed by atoms with E-state index in [1.54, 1.807) is 12.1 Å². The van der Waals surface area contributed by atoms with E-state index in [0.29, 0.717) is 27.6 Å². The second kappa shape index (κ2) is 8.58. The minimum Gasteiger partial charge on any atom is -0.351 e. The topological polar surface area (TPSA) is 59.8 Å². The second-order valence-electron chi connectivity index (χ2n) is 5.50. The molecule has 134 valence electrons. The number of halogens is 2. The lowest BCUT2D eigenvalue weighted by molar-refractivity contribution is -0.118. The minimum absolute atomic E-state index is 0.0998. The van der Waals surface area contributed by atoms with Gasteiger partial charge in [-0.25, -0.2) is 0 Å². The molecule has 0 radical (unpaired) electrons. The van der Waals surface area contributed by atoms with Crippen LogP contribution in [0.3, 0.4) is 0 Å². The molecule has 5 nitrogen and oxygen atoms in total. The van der Waals surface area contributed by atoms with Gasteiger partial charge in [0.2, 0.25) is 5.91 Å². The van der Waals surface area contributed by atoms with Crippen molar-refractivity contribution in [3.8, 4) is 11.4 Å². The Bertz CT molecular complexity index is 929. The van der Waals surface area contributed by atoms with Crippen molar-refractivity contribution in [1.82, 2.24) is 20.1 Å². The normalized spacial score (nSPS) is 10.7. The number of benzene rings is 2. The summed E-state index contributed by atoms with van der Waals surface area (Å²) >= 11 is 13.6. The van der Waals surface area contributed by atoms with Crippen LogP contribution in [0.1, 0.15) is 5.56 Å². The lowest BCUT2D eigenvalue weighted by Gasteiger charge is -2.07. The van der Waals surface area contributed by atoms with E-state index in [1.165, 1.54) is 11.8 Å². The predicted molar refractivity (Wildman–Crippen MR) is 105 cm³/mol. The molecule has 1 heterocycles. The fourth-order valence-electron chi connectivity index (χ4n) is 2.33. The van der Waals surface area contributed by atoms with Crippen LogP contribution >= 0.6 is 35.0 Å². The van der Waals surface area contributed by atoms with E-state index in [9.17, 15) is 4.79 Å². The molecule has 8 heteroatoms. The van der Waals surface area contributed by atoms with Gasteiger partial charge in [0.25, 0.3) is 0 Å². The first-order valence-corrected chi connectivity index (χ1v) is 9.57. The van der Waals surface area contributed by atoms with E-state index < -0.39 is 0 Å². The molecule has 0 unspecified atom stereocenters. The molecule has 0 bridgehead atoms. The number of hydrogen-bond donors (Lipinski definition) is 1. The molecule has 0 spiro atoms. The summed E-state index contributed by atoms with van der Waals surface area (Å²) in [4.78, 5) is 12.1. The SMILES string of the molecule is Cn1c(SCC(=O)NCc2ccccc2Cl)nnc1-c1ccccc1Cl. The minimum atomic E-state index is -0.0998. The first-order valence-electron chi connectivity index (χ1n) is 7.83. The quantitative estimate of drug-likeness (QED) is 0.623. The molecule has 0 atom stereocenters. The maximum absolute atomic E-state index is 12.1. The molecule has 0 aliphatic heterocycles. The smallest absolute Gasteiger partial charge is 0.230 e. The van der Waals surface area contributed by atoms with Gasteiger partial charge in [0.05, 0.1) is 10.8 Å². The Hall–Kier alpha value is -2.02. The van der Waals surface area contributed by atoms with Gasteiger partial charge in [-0.05, 0) is 23.8 Å². The molecular weight excluding hydrogens is 391 g/mol. The fraction of sp³-hybridized carbons (Fsp3) is 0.167. The predicted octanol–water partition coefficient (Wildman–Crippen LogP) is 4.20. The molecule has 1 amide bonds. The zero-order valence-electron chi connectivity index (χ0n) is 13.9. The average Bonchev–Trinajstić information content (AvgIpc) is 3.00. The number of carbonyl (C=O) groups excluding carboxylic acids is 1. The summed E-state index contributed by atoms with van der Waals surface area (Å²) in [7, 11) is 1.85. The Morgan fingerprint density at radius 2 is 1.77 bits per heavy atom. The highest BCUT2D eigenvalue weighted by Crippen LogP contribution is 2.28. The van der Waals surface area contributed by atoms with Crippen molar-refractivity contribution in [2.24, 2.45) is 7.05 Å². The van der Waals surface area contributed by atoms with Crippen LogP contribution in [0.2, 0.25) is 10.0 Å². The van der Waals surface area contributed by atoms with Gasteiger partial charge in [0.15, 0.2) is 11.0 Å². The van der Waals surface area contributed by atoms with Crippen LogP contribution in [0, 0.1) is 0 Å². The lowest BCUT2D eigenvalue weighted by atomic mass is 10.2. The number of amides is 1. The number of carbonyl (C=O) groups is 1. The summed E-state index contributed by atoms with van der Waals surface area (Å²) in [6.45, 7) is 0.392. The first kappa shape index (κ1) is 18.8. The first-order chi connectivity index (χ1) is 12.6. The van der Waals surface area contributed by atoms with Gasteiger partial charge in [-0.1, -0.05) is 65.3 Å². The van der Waals surface area contributed by atoms with Gasteiger partial charge in [0.1, 0.15) is 0 Å². The van der Waals surface area contributed by atoms with Gasteiger partial charge in [-0.2, -0.15) is 0 Å². The Labute approximate surface area is 165 Å². The number of aromatic nitrogens is 3. The molecule has 1 aromatic heterocycles. The second-order valence-corrected chi connectivity index (χ2v) is 7.26. The van der Waals surface area contributed by atoms with Crippen molar-refractivity contribution in [3.05, 3.63) is 64.1 Å². The number of nitrogens with zero attached hydrogens (tertiary/aromatic N) is 3. The lowest BCUT2D eigenvalue weighted by Crippen LogP contribution is -2.24. The van der Waals surface area contributed by atoms with Gasteiger partial charge in [-0.15, -0.1) is 10.2 Å². The molecule has 0 fully saturated rings. The summed E-state index contributed by atoms with van der Waals surface area (Å²) in [6, 6.07) is 14.9. The molecule has 0 aliphatic carbocycles. The summed E-state index contributed by atoms with van der Waals surface area (Å²) in [6.07, 6.45) is 0. The van der Waals surface area contributed by atoms with Crippen molar-refractivity contribution >= 4 is 40.9 Å². The largest absolute Gasteiger partial charge is 0.351 e. The fourth-order valence-corrected chi connectivity index (χ4v) is 3.50. The van der Waals surface area contributed by atoms with Crippen molar-refractivity contribution in [2.45, 2.75) is 11.7 Å². The maximum atomic E-state index is 12.1. The van der Waals surface area contributed by atoms with Crippen molar-refractivity contribution in [3.63, 3.8) is 0 Å². The van der Waals surface area contributed by atoms with Crippen LogP contribution in [0.15, 0.2) is 53.7 Å². The van der Waals surface area contributed by atoms with Crippen molar-refractivity contribution < 1.29 is 4.79 Å². The van der Waals surface area contributed by atoms with Crippen LogP contribution in [-0.2, 0) is 18.4 Å². The van der Waals surface area contributed by atoms with E-state index in [4.69, 9.17) is 23.2 Å². The van der Waals surface area contributed by atoms with Gasteiger partial charge < -0.3 is 9.88 Å². The third kappa shape index (κ3) is 4.38. The van der Waals surface area contributed by atoms with Crippen LogP contribution in [0.25, 0.3) is 11.4 Å². The van der Waals surface area contributed by atoms with Crippen LogP contribution in [-0.4, -0.2) is 26.4 Å². The summed E-state index contributed by atoms with van der Waals surface area (Å²) in [5.74, 6) is 0.797. The van der Waals surface area contributed by atoms with Crippen molar-refractivity contribution in [1.29, 1.82) is 0 Å². The molecule has 3 aromatic rings. The number of thioether (sulfide) groups is 1. The van der Waals surface area contributed by atoms with Crippen LogP contribution < -0.4 is 5.32 Å². The average molecular weight is 407 g/mol. The molecule has 3 rings (SSSR count). The third-order valence-electron chi connectivity index (χ3n) is 3.72. The Morgan fingerprint density at radius 3 is 2.50 bits per heavy atom. The highest BCUT2D eigenvalue weighted by atomic mass is 35.5. The van der Waals surface area contributed by atoms with E-state index in [1.807, 2.05) is 48.0 Å². The molecule has 0 aliphatic rings. The van der Waals surface area contributed by atoms with E-state index in [2.05, 4.69) is 15.5 Å². The molecular formula is C18H16Cl2N4OS. The summed E-state index contributed by atoms with van der Waals surface area (Å²) in [5, 5.41) is 13.1. The number of hydrogen-bond acceptors (Lipinski definition) is 4. The zero-order valence-corrected chi connectivity index (χ0v) is 16.3. The third-order valence-corrected chi connectivity index (χ3v) is 5.43. The van der Waals surface area contributed by atoms with Gasteiger partial charge >= 0.3 is 0 Å². The summed E-state index contributed by atoms with van der Waals surface area (Å²) < 4.78 is 1.83.